The number of hydrogen-bond acceptors (Lipinski definition) is 1. The van der Waals surface area contributed by atoms with Gasteiger partial charge in [-0.2, -0.15) is 0 Å². The van der Waals surface area contributed by atoms with Gasteiger partial charge in [-0.3, -0.25) is 4.57 Å². The van der Waals surface area contributed by atoms with Crippen LogP contribution in [-0.2, 0) is 11.0 Å². The van der Waals surface area contributed by atoms with Crippen molar-refractivity contribution in [3.8, 4) is 0 Å². The molecule has 0 fully saturated rings. The average Bonchev–Trinajstić information content (AvgIpc) is 2.24. The van der Waals surface area contributed by atoms with Gasteiger partial charge in [0.1, 0.15) is 0 Å². The highest BCUT2D eigenvalue weighted by Crippen LogP contribution is 2.33. The lowest BCUT2D eigenvalue weighted by molar-refractivity contribution is 0.387. The van der Waals surface area contributed by atoms with E-state index in [0.29, 0.717) is 0 Å². The molecular weight excluding hydrogens is 223 g/mol. The quantitative estimate of drug-likeness (QED) is 0.595. The minimum Gasteiger partial charge on any atom is -0.321 e. The van der Waals surface area contributed by atoms with Gasteiger partial charge in [-0.1, -0.05) is 38.3 Å². The molecule has 0 radical (unpaired) electrons. The summed E-state index contributed by atoms with van der Waals surface area (Å²) < 4.78 is 11.1. The van der Waals surface area contributed by atoms with Crippen molar-refractivity contribution in [1.82, 2.24) is 0 Å². The fourth-order valence-electron chi connectivity index (χ4n) is 1.65. The SMILES string of the molecule is CCCCCCc1cccc(P(=O)(O)O)c1. The monoisotopic (exact) mass is 242 g/mol. The third-order valence-electron chi connectivity index (χ3n) is 2.57. The van der Waals surface area contributed by atoms with Crippen LogP contribution in [0.1, 0.15) is 38.2 Å². The largest absolute Gasteiger partial charge is 0.356 e. The number of benzene rings is 1. The van der Waals surface area contributed by atoms with Gasteiger partial charge in [-0.25, -0.2) is 0 Å². The number of unbranched alkanes of at least 4 members (excludes halogenated alkanes) is 3. The van der Waals surface area contributed by atoms with Crippen molar-refractivity contribution in [3.63, 3.8) is 0 Å². The van der Waals surface area contributed by atoms with Crippen molar-refractivity contribution in [1.29, 1.82) is 0 Å². The molecule has 0 bridgehead atoms. The molecule has 0 saturated carbocycles. The Bertz CT molecular complexity index is 370. The average molecular weight is 242 g/mol. The van der Waals surface area contributed by atoms with E-state index in [1.807, 2.05) is 6.07 Å². The van der Waals surface area contributed by atoms with Gasteiger partial charge in [0.25, 0.3) is 0 Å². The van der Waals surface area contributed by atoms with Crippen molar-refractivity contribution in [2.24, 2.45) is 0 Å². The number of hydrogen-bond donors (Lipinski definition) is 2. The smallest absolute Gasteiger partial charge is 0.321 e. The van der Waals surface area contributed by atoms with Crippen LogP contribution in [0.15, 0.2) is 24.3 Å². The lowest BCUT2D eigenvalue weighted by Crippen LogP contribution is -2.04. The highest BCUT2D eigenvalue weighted by atomic mass is 31.2. The lowest BCUT2D eigenvalue weighted by Gasteiger charge is -2.06. The molecule has 0 spiro atoms. The van der Waals surface area contributed by atoms with Crippen LogP contribution in [0.3, 0.4) is 0 Å². The molecule has 0 aliphatic heterocycles. The number of aryl methyl sites for hydroxylation is 1. The highest BCUT2D eigenvalue weighted by Gasteiger charge is 2.16. The van der Waals surface area contributed by atoms with Crippen molar-refractivity contribution in [2.45, 2.75) is 39.0 Å². The summed E-state index contributed by atoms with van der Waals surface area (Å²) in [7, 11) is -4.09. The predicted octanol–water partition coefficient (Wildman–Crippen LogP) is 2.61. The van der Waals surface area contributed by atoms with Crippen molar-refractivity contribution in [2.75, 3.05) is 0 Å². The van der Waals surface area contributed by atoms with Gasteiger partial charge in [0.05, 0.1) is 5.30 Å². The molecule has 0 aromatic heterocycles. The zero-order chi connectivity index (χ0) is 12.0. The van der Waals surface area contributed by atoms with Crippen LogP contribution >= 0.6 is 7.60 Å². The Balaban J connectivity index is 2.58. The lowest BCUT2D eigenvalue weighted by atomic mass is 10.1. The van der Waals surface area contributed by atoms with E-state index in [0.717, 1.165) is 18.4 Å². The summed E-state index contributed by atoms with van der Waals surface area (Å²) in [6.45, 7) is 2.16. The van der Waals surface area contributed by atoms with Gasteiger partial charge < -0.3 is 9.79 Å². The van der Waals surface area contributed by atoms with E-state index in [4.69, 9.17) is 9.79 Å². The fourth-order valence-corrected chi connectivity index (χ4v) is 2.26. The Morgan fingerprint density at radius 1 is 1.19 bits per heavy atom. The minimum atomic E-state index is -4.09. The van der Waals surface area contributed by atoms with Gasteiger partial charge in [0.15, 0.2) is 0 Å². The molecule has 0 atom stereocenters. The second-order valence-electron chi connectivity index (χ2n) is 4.02. The second-order valence-corrected chi connectivity index (χ2v) is 5.63. The van der Waals surface area contributed by atoms with Crippen LogP contribution < -0.4 is 5.30 Å². The van der Waals surface area contributed by atoms with Crippen LogP contribution in [0.25, 0.3) is 0 Å². The van der Waals surface area contributed by atoms with Gasteiger partial charge in [-0.05, 0) is 30.5 Å². The zero-order valence-corrected chi connectivity index (χ0v) is 10.5. The van der Waals surface area contributed by atoms with E-state index < -0.39 is 7.60 Å². The summed E-state index contributed by atoms with van der Waals surface area (Å²) in [5.41, 5.74) is 1.01. The van der Waals surface area contributed by atoms with E-state index >= 15 is 0 Å². The third-order valence-corrected chi connectivity index (χ3v) is 3.52. The van der Waals surface area contributed by atoms with Crippen molar-refractivity contribution >= 4 is 12.9 Å². The summed E-state index contributed by atoms with van der Waals surface area (Å²) in [5.74, 6) is 0. The summed E-state index contributed by atoms with van der Waals surface area (Å²) in [6, 6.07) is 6.73. The molecule has 0 saturated heterocycles. The molecule has 1 aromatic carbocycles. The van der Waals surface area contributed by atoms with Crippen molar-refractivity contribution in [3.05, 3.63) is 29.8 Å². The normalized spacial score (nSPS) is 11.7. The van der Waals surface area contributed by atoms with Crippen LogP contribution in [-0.4, -0.2) is 9.79 Å². The molecule has 16 heavy (non-hydrogen) atoms. The van der Waals surface area contributed by atoms with Crippen LogP contribution in [0.2, 0.25) is 0 Å². The minimum absolute atomic E-state index is 0.125. The molecule has 0 aliphatic rings. The van der Waals surface area contributed by atoms with Crippen LogP contribution in [0.5, 0.6) is 0 Å². The molecule has 3 nitrogen and oxygen atoms in total. The molecular formula is C12H19O3P. The Hall–Kier alpha value is -0.630. The first-order valence-corrected chi connectivity index (χ1v) is 7.30. The van der Waals surface area contributed by atoms with Crippen LogP contribution in [0, 0.1) is 0 Å². The molecule has 0 amide bonds. The summed E-state index contributed by atoms with van der Waals surface area (Å²) in [5, 5.41) is 0.125. The molecule has 2 N–H and O–H groups in total. The van der Waals surface area contributed by atoms with E-state index in [2.05, 4.69) is 6.92 Å². The van der Waals surface area contributed by atoms with Gasteiger partial charge in [0.2, 0.25) is 0 Å². The maximum absolute atomic E-state index is 11.1. The van der Waals surface area contributed by atoms with Gasteiger partial charge in [0, 0.05) is 0 Å². The molecule has 0 unspecified atom stereocenters. The van der Waals surface area contributed by atoms with E-state index in [-0.39, 0.29) is 5.30 Å². The first-order chi connectivity index (χ1) is 7.54. The predicted molar refractivity (Wildman–Crippen MR) is 66.0 cm³/mol. The number of rotatable bonds is 6. The molecule has 0 aliphatic carbocycles. The first kappa shape index (κ1) is 13.4. The standard InChI is InChI=1S/C12H19O3P/c1-2-3-4-5-7-11-8-6-9-12(10-11)16(13,14)15/h6,8-10H,2-5,7H2,1H3,(H2,13,14,15). The third kappa shape index (κ3) is 4.48. The summed E-state index contributed by atoms with van der Waals surface area (Å²) in [6.07, 6.45) is 5.57. The van der Waals surface area contributed by atoms with E-state index in [1.54, 1.807) is 12.1 Å². The summed E-state index contributed by atoms with van der Waals surface area (Å²) >= 11 is 0. The van der Waals surface area contributed by atoms with Crippen molar-refractivity contribution < 1.29 is 14.4 Å². The fraction of sp³-hybridized carbons (Fsp3) is 0.500. The topological polar surface area (TPSA) is 57.5 Å². The molecule has 90 valence electrons. The Kier molecular flexibility index (Phi) is 5.20. The first-order valence-electron chi connectivity index (χ1n) is 5.69. The summed E-state index contributed by atoms with van der Waals surface area (Å²) in [4.78, 5) is 18.1. The Morgan fingerprint density at radius 3 is 2.56 bits per heavy atom. The maximum Gasteiger partial charge on any atom is 0.356 e. The molecule has 0 heterocycles. The second kappa shape index (κ2) is 6.19. The zero-order valence-electron chi connectivity index (χ0n) is 9.59. The van der Waals surface area contributed by atoms with E-state index in [9.17, 15) is 4.57 Å². The van der Waals surface area contributed by atoms with Gasteiger partial charge >= 0.3 is 7.60 Å². The Morgan fingerprint density at radius 2 is 1.94 bits per heavy atom. The van der Waals surface area contributed by atoms with E-state index in [1.165, 1.54) is 25.3 Å². The molecule has 1 aromatic rings. The van der Waals surface area contributed by atoms with Crippen LogP contribution in [0.4, 0.5) is 0 Å². The maximum atomic E-state index is 11.1. The Labute approximate surface area is 96.7 Å². The van der Waals surface area contributed by atoms with Gasteiger partial charge in [-0.15, -0.1) is 0 Å². The molecule has 1 rings (SSSR count). The molecule has 4 heteroatoms. The highest BCUT2D eigenvalue weighted by molar-refractivity contribution is 7.60.